The van der Waals surface area contributed by atoms with Crippen molar-refractivity contribution in [2.45, 2.75) is 6.42 Å². The second kappa shape index (κ2) is 3.53. The molecule has 0 bridgehead atoms. The Balaban J connectivity index is 2.19. The molecule has 0 radical (unpaired) electrons. The highest BCUT2D eigenvalue weighted by molar-refractivity contribution is 7.09. The Morgan fingerprint density at radius 2 is 2.38 bits per heavy atom. The van der Waals surface area contributed by atoms with Gasteiger partial charge in [0.25, 0.3) is 0 Å². The number of anilines is 1. The van der Waals surface area contributed by atoms with Crippen LogP contribution in [0.3, 0.4) is 0 Å². The fraction of sp³-hybridized carbons (Fsp3) is 0.111. The molecule has 2 heterocycles. The third-order valence-electron chi connectivity index (χ3n) is 1.66. The number of nitrogen functional groups attached to an aromatic ring is 1. The fourth-order valence-electron chi connectivity index (χ4n) is 1.11. The minimum atomic E-state index is 0.668. The molecule has 0 saturated carbocycles. The van der Waals surface area contributed by atoms with Gasteiger partial charge in [-0.2, -0.15) is 10.2 Å². The second-order valence-corrected chi connectivity index (χ2v) is 3.77. The molecule has 0 unspecified atom stereocenters. The Hall–Kier alpha value is -1.42. The summed E-state index contributed by atoms with van der Waals surface area (Å²) in [7, 11) is 0. The van der Waals surface area contributed by atoms with Crippen LogP contribution in [-0.2, 0) is 6.42 Å². The van der Waals surface area contributed by atoms with Crippen LogP contribution < -0.4 is 5.73 Å². The third kappa shape index (κ3) is 2.03. The van der Waals surface area contributed by atoms with E-state index >= 15 is 0 Å². The highest BCUT2D eigenvalue weighted by Crippen LogP contribution is 2.13. The van der Waals surface area contributed by atoms with Gasteiger partial charge < -0.3 is 5.73 Å². The molecule has 3 nitrogen and oxygen atoms in total. The molecular weight excluding hydrogens is 182 g/mol. The fourth-order valence-corrected chi connectivity index (χ4v) is 1.83. The van der Waals surface area contributed by atoms with E-state index in [4.69, 9.17) is 5.73 Å². The number of hydrogen-bond donors (Lipinski definition) is 1. The molecule has 0 saturated heterocycles. The number of rotatable bonds is 2. The smallest absolute Gasteiger partial charge is 0.0726 e. The van der Waals surface area contributed by atoms with E-state index in [9.17, 15) is 0 Å². The zero-order valence-electron chi connectivity index (χ0n) is 6.97. The minimum absolute atomic E-state index is 0.668. The first-order chi connectivity index (χ1) is 6.34. The molecule has 0 aliphatic rings. The van der Waals surface area contributed by atoms with Crippen molar-refractivity contribution in [1.29, 1.82) is 0 Å². The lowest BCUT2D eigenvalue weighted by Crippen LogP contribution is -1.95. The van der Waals surface area contributed by atoms with E-state index in [1.165, 1.54) is 4.88 Å². The van der Waals surface area contributed by atoms with Crippen LogP contribution in [0.2, 0.25) is 0 Å². The van der Waals surface area contributed by atoms with E-state index in [0.29, 0.717) is 5.69 Å². The molecule has 13 heavy (non-hydrogen) atoms. The Kier molecular flexibility index (Phi) is 2.23. The molecule has 0 amide bonds. The standard InChI is InChI=1S/C9H9N3S/c10-7-4-8(12-11-6-7)5-9-2-1-3-13-9/h1-4,6H,5H2,(H2,10,12). The molecule has 4 heteroatoms. The van der Waals surface area contributed by atoms with E-state index in [1.54, 1.807) is 17.5 Å². The number of thiophene rings is 1. The van der Waals surface area contributed by atoms with E-state index in [0.717, 1.165) is 12.1 Å². The number of hydrogen-bond acceptors (Lipinski definition) is 4. The first-order valence-electron chi connectivity index (χ1n) is 3.94. The van der Waals surface area contributed by atoms with Crippen LogP contribution in [0.4, 0.5) is 5.69 Å². The summed E-state index contributed by atoms with van der Waals surface area (Å²) in [4.78, 5) is 1.28. The summed E-state index contributed by atoms with van der Waals surface area (Å²) in [6.07, 6.45) is 2.37. The van der Waals surface area contributed by atoms with E-state index < -0.39 is 0 Å². The molecule has 66 valence electrons. The Morgan fingerprint density at radius 3 is 3.08 bits per heavy atom. The van der Waals surface area contributed by atoms with E-state index in [2.05, 4.69) is 21.6 Å². The number of nitrogens with two attached hydrogens (primary N) is 1. The highest BCUT2D eigenvalue weighted by atomic mass is 32.1. The summed E-state index contributed by atoms with van der Waals surface area (Å²) in [5, 5.41) is 9.84. The maximum atomic E-state index is 5.59. The maximum Gasteiger partial charge on any atom is 0.0726 e. The predicted octanol–water partition coefficient (Wildman–Crippen LogP) is 1.71. The first kappa shape index (κ1) is 8.19. The Morgan fingerprint density at radius 1 is 1.46 bits per heavy atom. The Labute approximate surface area is 80.2 Å². The van der Waals surface area contributed by atoms with E-state index in [-0.39, 0.29) is 0 Å². The average Bonchev–Trinajstić information content (AvgIpc) is 2.57. The highest BCUT2D eigenvalue weighted by Gasteiger charge is 1.99. The minimum Gasteiger partial charge on any atom is -0.397 e. The molecule has 2 aromatic rings. The van der Waals surface area contributed by atoms with Crippen LogP contribution in [0, 0.1) is 0 Å². The van der Waals surface area contributed by atoms with Crippen molar-refractivity contribution < 1.29 is 0 Å². The van der Waals surface area contributed by atoms with Gasteiger partial charge in [-0.1, -0.05) is 6.07 Å². The van der Waals surface area contributed by atoms with Gasteiger partial charge in [0.2, 0.25) is 0 Å². The summed E-state index contributed by atoms with van der Waals surface area (Å²) in [5.41, 5.74) is 7.18. The van der Waals surface area contributed by atoms with Gasteiger partial charge in [0.1, 0.15) is 0 Å². The van der Waals surface area contributed by atoms with Crippen molar-refractivity contribution in [3.63, 3.8) is 0 Å². The molecular formula is C9H9N3S. The molecule has 0 aliphatic heterocycles. The summed E-state index contributed by atoms with van der Waals surface area (Å²) >= 11 is 1.72. The summed E-state index contributed by atoms with van der Waals surface area (Å²) in [6, 6.07) is 5.96. The van der Waals surface area contributed by atoms with Gasteiger partial charge in [-0.05, 0) is 17.5 Å². The van der Waals surface area contributed by atoms with Crippen molar-refractivity contribution in [1.82, 2.24) is 10.2 Å². The molecule has 2 aromatic heterocycles. The number of aromatic nitrogens is 2. The van der Waals surface area contributed by atoms with Gasteiger partial charge in [0.15, 0.2) is 0 Å². The monoisotopic (exact) mass is 191 g/mol. The molecule has 0 aromatic carbocycles. The van der Waals surface area contributed by atoms with Crippen LogP contribution in [0.5, 0.6) is 0 Å². The quantitative estimate of drug-likeness (QED) is 0.786. The summed E-state index contributed by atoms with van der Waals surface area (Å²) in [5.74, 6) is 0. The van der Waals surface area contributed by atoms with Crippen molar-refractivity contribution in [3.05, 3.63) is 40.3 Å². The predicted molar refractivity (Wildman–Crippen MR) is 53.6 cm³/mol. The van der Waals surface area contributed by atoms with Gasteiger partial charge in [-0.25, -0.2) is 0 Å². The first-order valence-corrected chi connectivity index (χ1v) is 4.82. The van der Waals surface area contributed by atoms with Crippen molar-refractivity contribution in [3.8, 4) is 0 Å². The van der Waals surface area contributed by atoms with Gasteiger partial charge >= 0.3 is 0 Å². The summed E-state index contributed by atoms with van der Waals surface area (Å²) < 4.78 is 0. The van der Waals surface area contributed by atoms with Gasteiger partial charge in [-0.15, -0.1) is 11.3 Å². The van der Waals surface area contributed by atoms with Crippen molar-refractivity contribution in [2.75, 3.05) is 5.73 Å². The second-order valence-electron chi connectivity index (χ2n) is 2.74. The zero-order chi connectivity index (χ0) is 9.10. The number of nitrogens with zero attached hydrogens (tertiary/aromatic N) is 2. The largest absolute Gasteiger partial charge is 0.397 e. The lowest BCUT2D eigenvalue weighted by atomic mass is 10.2. The topological polar surface area (TPSA) is 51.8 Å². The van der Waals surface area contributed by atoms with Gasteiger partial charge in [0.05, 0.1) is 17.6 Å². The van der Waals surface area contributed by atoms with Crippen LogP contribution in [0.1, 0.15) is 10.6 Å². The SMILES string of the molecule is Nc1cnnc(Cc2cccs2)c1. The molecule has 0 atom stereocenters. The van der Waals surface area contributed by atoms with Crippen molar-refractivity contribution >= 4 is 17.0 Å². The summed E-state index contributed by atoms with van der Waals surface area (Å²) in [6.45, 7) is 0. The van der Waals surface area contributed by atoms with Crippen LogP contribution >= 0.6 is 11.3 Å². The molecule has 0 fully saturated rings. The van der Waals surface area contributed by atoms with Crippen molar-refractivity contribution in [2.24, 2.45) is 0 Å². The van der Waals surface area contributed by atoms with Crippen LogP contribution in [0.15, 0.2) is 29.8 Å². The lowest BCUT2D eigenvalue weighted by molar-refractivity contribution is 0.947. The Bertz CT molecular complexity index is 384. The van der Waals surface area contributed by atoms with Crippen LogP contribution in [-0.4, -0.2) is 10.2 Å². The van der Waals surface area contributed by atoms with Gasteiger partial charge in [0, 0.05) is 11.3 Å². The third-order valence-corrected chi connectivity index (χ3v) is 2.54. The zero-order valence-corrected chi connectivity index (χ0v) is 7.79. The molecule has 2 N–H and O–H groups in total. The van der Waals surface area contributed by atoms with Crippen LogP contribution in [0.25, 0.3) is 0 Å². The lowest BCUT2D eigenvalue weighted by Gasteiger charge is -1.97. The van der Waals surface area contributed by atoms with E-state index in [1.807, 2.05) is 12.1 Å². The normalized spacial score (nSPS) is 10.2. The molecule has 2 rings (SSSR count). The maximum absolute atomic E-state index is 5.59. The molecule has 0 spiro atoms. The average molecular weight is 191 g/mol. The molecule has 0 aliphatic carbocycles. The van der Waals surface area contributed by atoms with Gasteiger partial charge in [-0.3, -0.25) is 0 Å².